The molecule has 2 aromatic rings. The molecule has 0 fully saturated rings. The molecule has 0 amide bonds. The maximum Gasteiger partial charge on any atom is 0.0526 e. The highest BCUT2D eigenvalue weighted by Gasteiger charge is 2.17. The van der Waals surface area contributed by atoms with E-state index in [1.54, 1.807) is 11.8 Å². The summed E-state index contributed by atoms with van der Waals surface area (Å²) in [5.41, 5.74) is 6.92. The molecule has 140 valence electrons. The summed E-state index contributed by atoms with van der Waals surface area (Å²) >= 11 is 1.77. The van der Waals surface area contributed by atoms with Crippen LogP contribution in [0.5, 0.6) is 0 Å². The van der Waals surface area contributed by atoms with Gasteiger partial charge in [0.1, 0.15) is 0 Å². The number of allylic oxidation sites excluding steroid dienone is 8. The summed E-state index contributed by atoms with van der Waals surface area (Å²) in [6.07, 6.45) is 12.1. The van der Waals surface area contributed by atoms with Gasteiger partial charge in [-0.3, -0.25) is 0 Å². The lowest BCUT2D eigenvalue weighted by Gasteiger charge is -2.22. The summed E-state index contributed by atoms with van der Waals surface area (Å²) in [5.74, 6) is 0. The number of rotatable bonds is 6. The molecule has 0 atom stereocenters. The second kappa shape index (κ2) is 9.29. The van der Waals surface area contributed by atoms with Crippen molar-refractivity contribution in [1.29, 1.82) is 0 Å². The largest absolute Gasteiger partial charge is 0.354 e. The van der Waals surface area contributed by atoms with E-state index in [9.17, 15) is 0 Å². The highest BCUT2D eigenvalue weighted by molar-refractivity contribution is 8.03. The van der Waals surface area contributed by atoms with Gasteiger partial charge < -0.3 is 5.32 Å². The Morgan fingerprint density at radius 1 is 1.04 bits per heavy atom. The molecule has 28 heavy (non-hydrogen) atoms. The number of anilines is 1. The van der Waals surface area contributed by atoms with Gasteiger partial charge in [-0.05, 0) is 60.4 Å². The predicted octanol–water partition coefficient (Wildman–Crippen LogP) is 7.85. The molecular weight excluding hydrogens is 358 g/mol. The first-order valence-electron chi connectivity index (χ1n) is 9.31. The summed E-state index contributed by atoms with van der Waals surface area (Å²) in [6.45, 7) is 12.0. The molecule has 1 N–H and O–H groups in total. The van der Waals surface area contributed by atoms with Gasteiger partial charge in [0, 0.05) is 9.80 Å². The highest BCUT2D eigenvalue weighted by Crippen LogP contribution is 2.42. The first-order valence-corrected chi connectivity index (χ1v) is 10.1. The molecule has 1 nitrogen and oxygen atoms in total. The molecule has 2 aromatic carbocycles. The monoisotopic (exact) mass is 383 g/mol. The van der Waals surface area contributed by atoms with E-state index < -0.39 is 0 Å². The molecule has 0 bridgehead atoms. The van der Waals surface area contributed by atoms with Crippen molar-refractivity contribution >= 4 is 28.6 Å². The van der Waals surface area contributed by atoms with Crippen LogP contribution in [0.3, 0.4) is 0 Å². The fourth-order valence-corrected chi connectivity index (χ4v) is 4.20. The fourth-order valence-electron chi connectivity index (χ4n) is 3.06. The van der Waals surface area contributed by atoms with Crippen molar-refractivity contribution < 1.29 is 0 Å². The highest BCUT2D eigenvalue weighted by atomic mass is 32.2. The van der Waals surface area contributed by atoms with Gasteiger partial charge in [-0.1, -0.05) is 85.6 Å². The van der Waals surface area contributed by atoms with Crippen molar-refractivity contribution in [3.63, 3.8) is 0 Å². The Balaban J connectivity index is 1.98. The van der Waals surface area contributed by atoms with E-state index in [0.29, 0.717) is 0 Å². The quantitative estimate of drug-likeness (QED) is 0.510. The van der Waals surface area contributed by atoms with E-state index in [2.05, 4.69) is 80.0 Å². The van der Waals surface area contributed by atoms with Crippen LogP contribution >= 0.6 is 11.8 Å². The minimum absolute atomic E-state index is 1.04. The molecule has 0 spiro atoms. The molecule has 3 rings (SSSR count). The van der Waals surface area contributed by atoms with Crippen LogP contribution in [-0.2, 0) is 0 Å². The zero-order valence-electron chi connectivity index (χ0n) is 16.4. The Labute approximate surface area is 172 Å². The first kappa shape index (κ1) is 19.8. The summed E-state index contributed by atoms with van der Waals surface area (Å²) in [4.78, 5) is 2.37. The van der Waals surface area contributed by atoms with Crippen LogP contribution in [0.15, 0.2) is 114 Å². The molecule has 2 heteroatoms. The van der Waals surface area contributed by atoms with E-state index >= 15 is 0 Å². The third-order valence-electron chi connectivity index (χ3n) is 4.49. The lowest BCUT2D eigenvalue weighted by Crippen LogP contribution is -2.05. The standard InChI is InChI=1S/C26H25NS/c1-5-11-21(12-6-2)22-15-16-24-26(18-22)28-25(23(7-3)27-24)17-19(4)20-13-9-8-10-14-20/h5-18,27H,1,3H2,2,4H3/b12-6-,19-17+,21-11+. The number of nitrogens with one attached hydrogen (secondary N) is 1. The zero-order chi connectivity index (χ0) is 19.9. The Hall–Kier alpha value is -2.97. The van der Waals surface area contributed by atoms with Gasteiger partial charge in [0.15, 0.2) is 0 Å². The van der Waals surface area contributed by atoms with E-state index in [0.717, 1.165) is 17.0 Å². The SMILES string of the molecule is C=C/C=C(\C=C/C)c1ccc2c(c1)SC(/C=C(\C)c1ccccc1)=C(C=C)N2. The van der Waals surface area contributed by atoms with Crippen LogP contribution in [0.1, 0.15) is 25.0 Å². The maximum atomic E-state index is 3.99. The van der Waals surface area contributed by atoms with Gasteiger partial charge in [-0.25, -0.2) is 0 Å². The Morgan fingerprint density at radius 3 is 2.50 bits per heavy atom. The molecule has 0 radical (unpaired) electrons. The molecule has 0 saturated heterocycles. The number of hydrogen-bond acceptors (Lipinski definition) is 2. The van der Waals surface area contributed by atoms with Crippen LogP contribution in [0.4, 0.5) is 5.69 Å². The minimum Gasteiger partial charge on any atom is -0.354 e. The smallest absolute Gasteiger partial charge is 0.0526 e. The van der Waals surface area contributed by atoms with Gasteiger partial charge in [-0.15, -0.1) is 0 Å². The van der Waals surface area contributed by atoms with E-state index in [4.69, 9.17) is 0 Å². The predicted molar refractivity (Wildman–Crippen MR) is 126 cm³/mol. The van der Waals surface area contributed by atoms with Crippen molar-refractivity contribution in [1.82, 2.24) is 0 Å². The minimum atomic E-state index is 1.04. The van der Waals surface area contributed by atoms with E-state index in [1.807, 2.05) is 37.3 Å². The molecule has 1 aliphatic rings. The molecule has 0 saturated carbocycles. The summed E-state index contributed by atoms with van der Waals surface area (Å²) < 4.78 is 0. The fraction of sp³-hybridized carbons (Fsp3) is 0.0769. The van der Waals surface area contributed by atoms with Gasteiger partial charge in [0.05, 0.1) is 11.4 Å². The Morgan fingerprint density at radius 2 is 1.82 bits per heavy atom. The summed E-state index contributed by atoms with van der Waals surface area (Å²) in [6, 6.07) is 16.9. The third-order valence-corrected chi connectivity index (χ3v) is 5.61. The second-order valence-electron chi connectivity index (χ2n) is 6.47. The van der Waals surface area contributed by atoms with Gasteiger partial charge in [-0.2, -0.15) is 0 Å². The van der Waals surface area contributed by atoms with Gasteiger partial charge in [0.2, 0.25) is 0 Å². The van der Waals surface area contributed by atoms with Crippen LogP contribution in [0.25, 0.3) is 11.1 Å². The average molecular weight is 384 g/mol. The number of hydrogen-bond donors (Lipinski definition) is 1. The van der Waals surface area contributed by atoms with E-state index in [1.165, 1.54) is 26.5 Å². The molecular formula is C26H25NS. The molecule has 0 aliphatic carbocycles. The Bertz CT molecular complexity index is 1000. The number of fused-ring (bicyclic) bond motifs is 1. The van der Waals surface area contributed by atoms with Crippen molar-refractivity contribution in [3.8, 4) is 0 Å². The van der Waals surface area contributed by atoms with Crippen molar-refractivity contribution in [2.75, 3.05) is 5.32 Å². The van der Waals surface area contributed by atoms with Crippen molar-refractivity contribution in [2.24, 2.45) is 0 Å². The topological polar surface area (TPSA) is 12.0 Å². The van der Waals surface area contributed by atoms with Crippen molar-refractivity contribution in [3.05, 3.63) is 120 Å². The van der Waals surface area contributed by atoms with Crippen LogP contribution < -0.4 is 5.32 Å². The first-order chi connectivity index (χ1) is 13.7. The Kier molecular flexibility index (Phi) is 6.57. The van der Waals surface area contributed by atoms with E-state index in [-0.39, 0.29) is 0 Å². The summed E-state index contributed by atoms with van der Waals surface area (Å²) in [7, 11) is 0. The van der Waals surface area contributed by atoms with Crippen LogP contribution in [0, 0.1) is 0 Å². The third kappa shape index (κ3) is 4.47. The summed E-state index contributed by atoms with van der Waals surface area (Å²) in [5, 5.41) is 3.52. The maximum absolute atomic E-state index is 3.99. The zero-order valence-corrected chi connectivity index (χ0v) is 17.2. The average Bonchev–Trinajstić information content (AvgIpc) is 2.73. The van der Waals surface area contributed by atoms with Gasteiger partial charge in [0.25, 0.3) is 0 Å². The number of thioether (sulfide) groups is 1. The normalized spacial score (nSPS) is 14.6. The van der Waals surface area contributed by atoms with Crippen molar-refractivity contribution in [2.45, 2.75) is 18.7 Å². The van der Waals surface area contributed by atoms with Crippen LogP contribution in [0.2, 0.25) is 0 Å². The van der Waals surface area contributed by atoms with Gasteiger partial charge >= 0.3 is 0 Å². The molecule has 1 heterocycles. The van der Waals surface area contributed by atoms with Crippen LogP contribution in [-0.4, -0.2) is 0 Å². The lowest BCUT2D eigenvalue weighted by atomic mass is 10.0. The lowest BCUT2D eigenvalue weighted by molar-refractivity contribution is 1.33. The second-order valence-corrected chi connectivity index (χ2v) is 7.55. The molecule has 0 aromatic heterocycles. The molecule has 1 aliphatic heterocycles. The molecule has 0 unspecified atom stereocenters. The number of benzene rings is 2.